The van der Waals surface area contributed by atoms with Crippen LogP contribution in [0.5, 0.6) is 5.75 Å². The number of ether oxygens (including phenoxy) is 1. The molecular formula is C15H13F3O2. The van der Waals surface area contributed by atoms with Gasteiger partial charge in [-0.3, -0.25) is 0 Å². The van der Waals surface area contributed by atoms with Crippen molar-refractivity contribution in [3.8, 4) is 5.75 Å². The molecule has 0 amide bonds. The first-order chi connectivity index (χ1) is 9.47. The maximum absolute atomic E-state index is 13.5. The zero-order valence-electron chi connectivity index (χ0n) is 10.7. The normalized spacial score (nSPS) is 12.5. The second-order valence-corrected chi connectivity index (χ2v) is 4.36. The molecule has 0 fully saturated rings. The third kappa shape index (κ3) is 3.30. The Morgan fingerprint density at radius 3 is 2.40 bits per heavy atom. The Morgan fingerprint density at radius 2 is 1.75 bits per heavy atom. The van der Waals surface area contributed by atoms with Crippen LogP contribution in [0.25, 0.3) is 0 Å². The zero-order valence-corrected chi connectivity index (χ0v) is 10.7. The fourth-order valence-corrected chi connectivity index (χ4v) is 1.83. The highest BCUT2D eigenvalue weighted by molar-refractivity contribution is 5.36. The van der Waals surface area contributed by atoms with Gasteiger partial charge < -0.3 is 9.84 Å². The first-order valence-electron chi connectivity index (χ1n) is 5.96. The fourth-order valence-electron chi connectivity index (χ4n) is 1.83. The number of aliphatic hydroxyl groups excluding tert-OH is 1. The molecular weight excluding hydrogens is 269 g/mol. The average molecular weight is 282 g/mol. The van der Waals surface area contributed by atoms with Gasteiger partial charge in [0.1, 0.15) is 17.7 Å². The van der Waals surface area contributed by atoms with Crippen LogP contribution in [0.4, 0.5) is 13.2 Å². The number of hydrogen-bond acceptors (Lipinski definition) is 2. The van der Waals surface area contributed by atoms with Gasteiger partial charge in [0, 0.05) is 0 Å². The van der Waals surface area contributed by atoms with Crippen LogP contribution in [-0.2, 0) is 0 Å². The van der Waals surface area contributed by atoms with Crippen molar-refractivity contribution in [2.24, 2.45) is 0 Å². The topological polar surface area (TPSA) is 29.5 Å². The van der Waals surface area contributed by atoms with E-state index in [1.807, 2.05) is 0 Å². The summed E-state index contributed by atoms with van der Waals surface area (Å²) < 4.78 is 42.0. The second-order valence-electron chi connectivity index (χ2n) is 4.36. The summed E-state index contributed by atoms with van der Waals surface area (Å²) in [6, 6.07) is 10.1. The number of hydrogen-bond donors (Lipinski definition) is 1. The average Bonchev–Trinajstić information content (AvgIpc) is 2.40. The van der Waals surface area contributed by atoms with E-state index in [0.717, 1.165) is 0 Å². The Hall–Kier alpha value is -2.01. The minimum atomic E-state index is -2.93. The van der Waals surface area contributed by atoms with Crippen LogP contribution in [0.3, 0.4) is 0 Å². The van der Waals surface area contributed by atoms with E-state index in [1.54, 1.807) is 25.1 Å². The van der Waals surface area contributed by atoms with E-state index >= 15 is 0 Å². The van der Waals surface area contributed by atoms with Gasteiger partial charge in [0.25, 0.3) is 0 Å². The molecule has 2 rings (SSSR count). The maximum atomic E-state index is 13.5. The molecule has 20 heavy (non-hydrogen) atoms. The van der Waals surface area contributed by atoms with Crippen LogP contribution >= 0.6 is 0 Å². The zero-order chi connectivity index (χ0) is 14.7. The highest BCUT2D eigenvalue weighted by atomic mass is 19.3. The summed E-state index contributed by atoms with van der Waals surface area (Å²) in [7, 11) is 0. The van der Waals surface area contributed by atoms with Crippen molar-refractivity contribution in [3.63, 3.8) is 0 Å². The van der Waals surface area contributed by atoms with E-state index in [0.29, 0.717) is 16.7 Å². The van der Waals surface area contributed by atoms with Crippen molar-refractivity contribution < 1.29 is 23.0 Å². The van der Waals surface area contributed by atoms with Crippen molar-refractivity contribution in [1.82, 2.24) is 0 Å². The molecule has 1 unspecified atom stereocenters. The van der Waals surface area contributed by atoms with Gasteiger partial charge in [0.15, 0.2) is 0 Å². The Balaban J connectivity index is 2.28. The summed E-state index contributed by atoms with van der Waals surface area (Å²) in [4.78, 5) is 0. The molecule has 0 aliphatic rings. The van der Waals surface area contributed by atoms with Crippen LogP contribution in [0.1, 0.15) is 22.8 Å². The van der Waals surface area contributed by atoms with Crippen molar-refractivity contribution in [2.75, 3.05) is 0 Å². The van der Waals surface area contributed by atoms with E-state index in [9.17, 15) is 18.3 Å². The van der Waals surface area contributed by atoms with E-state index in [-0.39, 0.29) is 5.75 Å². The molecule has 0 bridgehead atoms. The smallest absolute Gasteiger partial charge is 0.387 e. The summed E-state index contributed by atoms with van der Waals surface area (Å²) in [6.07, 6.45) is -1.11. The van der Waals surface area contributed by atoms with Crippen molar-refractivity contribution >= 4 is 0 Å². The predicted octanol–water partition coefficient (Wildman–Crippen LogP) is 3.82. The molecule has 2 aromatic carbocycles. The van der Waals surface area contributed by atoms with Gasteiger partial charge in [0.2, 0.25) is 0 Å². The minimum absolute atomic E-state index is 0.0517. The standard InChI is InChI=1S/C15H13F3O2/c1-9-5-6-11(8-13(9)16)14(19)10-3-2-4-12(7-10)20-15(17)18/h2-8,14-15,19H,1H3. The van der Waals surface area contributed by atoms with Crippen LogP contribution < -0.4 is 4.74 Å². The van der Waals surface area contributed by atoms with Gasteiger partial charge in [-0.2, -0.15) is 8.78 Å². The van der Waals surface area contributed by atoms with Crippen molar-refractivity contribution in [1.29, 1.82) is 0 Å². The Bertz CT molecular complexity index is 599. The van der Waals surface area contributed by atoms with Gasteiger partial charge in [-0.25, -0.2) is 4.39 Å². The summed E-state index contributed by atoms with van der Waals surface area (Å²) in [5.74, 6) is -0.481. The fraction of sp³-hybridized carbons (Fsp3) is 0.200. The van der Waals surface area contributed by atoms with E-state index in [4.69, 9.17) is 0 Å². The van der Waals surface area contributed by atoms with E-state index in [1.165, 1.54) is 24.3 Å². The van der Waals surface area contributed by atoms with E-state index in [2.05, 4.69) is 4.74 Å². The molecule has 2 nitrogen and oxygen atoms in total. The predicted molar refractivity (Wildman–Crippen MR) is 68.3 cm³/mol. The summed E-state index contributed by atoms with van der Waals surface area (Å²) >= 11 is 0. The summed E-state index contributed by atoms with van der Waals surface area (Å²) in [6.45, 7) is -1.32. The lowest BCUT2D eigenvalue weighted by Crippen LogP contribution is -2.04. The molecule has 0 saturated heterocycles. The Labute approximate surface area is 114 Å². The lowest BCUT2D eigenvalue weighted by Gasteiger charge is -2.13. The largest absolute Gasteiger partial charge is 0.435 e. The van der Waals surface area contributed by atoms with E-state index < -0.39 is 18.5 Å². The molecule has 0 saturated carbocycles. The van der Waals surface area contributed by atoms with Crippen LogP contribution in [0.15, 0.2) is 42.5 Å². The first-order valence-corrected chi connectivity index (χ1v) is 5.96. The summed E-state index contributed by atoms with van der Waals surface area (Å²) in [5, 5.41) is 10.2. The second kappa shape index (κ2) is 5.96. The van der Waals surface area contributed by atoms with Crippen molar-refractivity contribution in [3.05, 3.63) is 65.0 Å². The third-order valence-corrected chi connectivity index (χ3v) is 2.91. The Kier molecular flexibility index (Phi) is 4.29. The monoisotopic (exact) mass is 282 g/mol. The number of rotatable bonds is 4. The number of benzene rings is 2. The molecule has 0 aliphatic carbocycles. The minimum Gasteiger partial charge on any atom is -0.435 e. The molecule has 2 aromatic rings. The molecule has 0 heterocycles. The van der Waals surface area contributed by atoms with Gasteiger partial charge >= 0.3 is 6.61 Å². The van der Waals surface area contributed by atoms with Crippen LogP contribution in [0.2, 0.25) is 0 Å². The van der Waals surface area contributed by atoms with Crippen LogP contribution in [0, 0.1) is 12.7 Å². The molecule has 0 radical (unpaired) electrons. The lowest BCUT2D eigenvalue weighted by atomic mass is 10.00. The Morgan fingerprint density at radius 1 is 1.05 bits per heavy atom. The number of aryl methyl sites for hydroxylation is 1. The van der Waals surface area contributed by atoms with Crippen LogP contribution in [-0.4, -0.2) is 11.7 Å². The molecule has 1 atom stereocenters. The van der Waals surface area contributed by atoms with Gasteiger partial charge in [-0.15, -0.1) is 0 Å². The highest BCUT2D eigenvalue weighted by Crippen LogP contribution is 2.26. The molecule has 106 valence electrons. The van der Waals surface area contributed by atoms with Gasteiger partial charge in [0.05, 0.1) is 0 Å². The maximum Gasteiger partial charge on any atom is 0.387 e. The quantitative estimate of drug-likeness (QED) is 0.923. The molecule has 0 aromatic heterocycles. The highest BCUT2D eigenvalue weighted by Gasteiger charge is 2.14. The molecule has 5 heteroatoms. The summed E-state index contributed by atoms with van der Waals surface area (Å²) in [5.41, 5.74) is 1.17. The lowest BCUT2D eigenvalue weighted by molar-refractivity contribution is -0.0499. The molecule has 0 aliphatic heterocycles. The molecule has 0 spiro atoms. The van der Waals surface area contributed by atoms with Gasteiger partial charge in [-0.1, -0.05) is 24.3 Å². The SMILES string of the molecule is Cc1ccc(C(O)c2cccc(OC(F)F)c2)cc1F. The third-order valence-electron chi connectivity index (χ3n) is 2.91. The molecule has 1 N–H and O–H groups in total. The number of halogens is 3. The first kappa shape index (κ1) is 14.4. The number of alkyl halides is 2. The van der Waals surface area contributed by atoms with Gasteiger partial charge in [-0.05, 0) is 41.8 Å². The van der Waals surface area contributed by atoms with Crippen molar-refractivity contribution in [2.45, 2.75) is 19.6 Å². The number of aliphatic hydroxyl groups is 1.